The van der Waals surface area contributed by atoms with Gasteiger partial charge in [0.2, 0.25) is 0 Å². The van der Waals surface area contributed by atoms with Crippen LogP contribution in [0.15, 0.2) is 12.1 Å². The average Bonchev–Trinajstić information content (AvgIpc) is 2.32. The van der Waals surface area contributed by atoms with Gasteiger partial charge in [-0.1, -0.05) is 0 Å². The summed E-state index contributed by atoms with van der Waals surface area (Å²) in [4.78, 5) is 0. The van der Waals surface area contributed by atoms with Crippen molar-refractivity contribution in [3.63, 3.8) is 0 Å². The van der Waals surface area contributed by atoms with Gasteiger partial charge in [0, 0.05) is 30.8 Å². The summed E-state index contributed by atoms with van der Waals surface area (Å²) in [6, 6.07) is 1.59. The quantitative estimate of drug-likeness (QED) is 0.895. The number of rotatable bonds is 5. The van der Waals surface area contributed by atoms with E-state index in [-0.39, 0.29) is 16.9 Å². The third-order valence-corrected chi connectivity index (χ3v) is 3.95. The van der Waals surface area contributed by atoms with Gasteiger partial charge in [-0.15, -0.1) is 0 Å². The molecule has 2 N–H and O–H groups in total. The third kappa shape index (κ3) is 2.72. The van der Waals surface area contributed by atoms with Crippen molar-refractivity contribution in [1.82, 2.24) is 0 Å². The summed E-state index contributed by atoms with van der Waals surface area (Å²) in [5, 5.41) is 0. The molecule has 0 amide bonds. The van der Waals surface area contributed by atoms with Crippen molar-refractivity contribution in [3.8, 4) is 5.75 Å². The fraction of sp³-hybridized carbons (Fsp3) is 0.571. The average molecular weight is 271 g/mol. The molecule has 1 saturated carbocycles. The predicted octanol–water partition coefficient (Wildman–Crippen LogP) is 2.93. The van der Waals surface area contributed by atoms with Gasteiger partial charge in [0.25, 0.3) is 0 Å². The van der Waals surface area contributed by atoms with E-state index in [1.807, 2.05) is 0 Å². The normalized spacial score (nSPS) is 18.8. The first-order valence-corrected chi connectivity index (χ1v) is 6.35. The van der Waals surface area contributed by atoms with Crippen LogP contribution in [0.2, 0.25) is 0 Å². The number of nitrogens with two attached hydrogens (primary N) is 1. The van der Waals surface area contributed by atoms with Crippen LogP contribution in [0.1, 0.15) is 37.3 Å². The van der Waals surface area contributed by atoms with E-state index in [0.29, 0.717) is 6.42 Å². The number of methoxy groups -OCH3 is 2. The van der Waals surface area contributed by atoms with E-state index < -0.39 is 17.7 Å². The maximum absolute atomic E-state index is 13.9. The third-order valence-electron chi connectivity index (χ3n) is 3.95. The van der Waals surface area contributed by atoms with Crippen LogP contribution in [0, 0.1) is 11.6 Å². The fourth-order valence-corrected chi connectivity index (χ4v) is 2.60. The van der Waals surface area contributed by atoms with E-state index in [1.165, 1.54) is 7.11 Å². The first-order chi connectivity index (χ1) is 9.01. The zero-order valence-corrected chi connectivity index (χ0v) is 11.2. The molecule has 19 heavy (non-hydrogen) atoms. The second-order valence-electron chi connectivity index (χ2n) is 5.06. The highest BCUT2D eigenvalue weighted by Gasteiger charge is 2.39. The Balaban J connectivity index is 2.21. The van der Waals surface area contributed by atoms with Crippen molar-refractivity contribution < 1.29 is 18.3 Å². The Hall–Kier alpha value is -1.20. The van der Waals surface area contributed by atoms with Crippen LogP contribution in [0.4, 0.5) is 8.78 Å². The van der Waals surface area contributed by atoms with Crippen LogP contribution in [0.5, 0.6) is 5.75 Å². The molecular weight excluding hydrogens is 252 g/mol. The van der Waals surface area contributed by atoms with E-state index in [1.54, 1.807) is 7.11 Å². The Morgan fingerprint density at radius 3 is 2.21 bits per heavy atom. The topological polar surface area (TPSA) is 44.5 Å². The van der Waals surface area contributed by atoms with E-state index in [9.17, 15) is 8.78 Å². The van der Waals surface area contributed by atoms with Crippen LogP contribution in [-0.2, 0) is 4.74 Å². The second kappa shape index (κ2) is 5.43. The highest BCUT2D eigenvalue weighted by molar-refractivity contribution is 5.32. The lowest BCUT2D eigenvalue weighted by atomic mass is 9.75. The summed E-state index contributed by atoms with van der Waals surface area (Å²) in [6.07, 6.45) is 3.25. The molecular formula is C14H19F2NO2. The number of hydrogen-bond acceptors (Lipinski definition) is 3. The largest absolute Gasteiger partial charge is 0.497 e. The van der Waals surface area contributed by atoms with Crippen molar-refractivity contribution in [2.75, 3.05) is 14.2 Å². The Labute approximate surface area is 111 Å². The summed E-state index contributed by atoms with van der Waals surface area (Å²) < 4.78 is 38.1. The molecule has 0 radical (unpaired) electrons. The lowest BCUT2D eigenvalue weighted by Gasteiger charge is -2.42. The van der Waals surface area contributed by atoms with E-state index in [0.717, 1.165) is 31.4 Å². The van der Waals surface area contributed by atoms with Crippen LogP contribution >= 0.6 is 0 Å². The lowest BCUT2D eigenvalue weighted by molar-refractivity contribution is -0.0819. The van der Waals surface area contributed by atoms with Gasteiger partial charge in [-0.25, -0.2) is 8.78 Å². The number of hydrogen-bond donors (Lipinski definition) is 1. The van der Waals surface area contributed by atoms with Crippen molar-refractivity contribution >= 4 is 0 Å². The van der Waals surface area contributed by atoms with Crippen LogP contribution < -0.4 is 10.5 Å². The number of halogens is 2. The predicted molar refractivity (Wildman–Crippen MR) is 68.0 cm³/mol. The monoisotopic (exact) mass is 271 g/mol. The molecule has 1 aliphatic rings. The zero-order valence-electron chi connectivity index (χ0n) is 11.2. The Morgan fingerprint density at radius 2 is 1.84 bits per heavy atom. The van der Waals surface area contributed by atoms with Gasteiger partial charge in [-0.05, 0) is 25.7 Å². The fourth-order valence-electron chi connectivity index (χ4n) is 2.60. The molecule has 1 atom stereocenters. The maximum Gasteiger partial charge on any atom is 0.134 e. The van der Waals surface area contributed by atoms with Gasteiger partial charge in [-0.3, -0.25) is 0 Å². The molecule has 1 aromatic carbocycles. The molecule has 5 heteroatoms. The van der Waals surface area contributed by atoms with E-state index in [2.05, 4.69) is 0 Å². The molecule has 1 unspecified atom stereocenters. The smallest absolute Gasteiger partial charge is 0.134 e. The van der Waals surface area contributed by atoms with Gasteiger partial charge in [-0.2, -0.15) is 0 Å². The molecule has 0 spiro atoms. The molecule has 1 aromatic rings. The highest BCUT2D eigenvalue weighted by Crippen LogP contribution is 2.42. The van der Waals surface area contributed by atoms with Gasteiger partial charge in [0.05, 0.1) is 12.7 Å². The summed E-state index contributed by atoms with van der Waals surface area (Å²) in [6.45, 7) is 0. The maximum atomic E-state index is 13.9. The minimum atomic E-state index is -0.717. The first kappa shape index (κ1) is 14.2. The van der Waals surface area contributed by atoms with Crippen molar-refractivity contribution in [1.29, 1.82) is 0 Å². The first-order valence-electron chi connectivity index (χ1n) is 6.35. The molecule has 3 nitrogen and oxygen atoms in total. The molecule has 106 valence electrons. The molecule has 1 aliphatic carbocycles. The van der Waals surface area contributed by atoms with Crippen LogP contribution in [0.25, 0.3) is 0 Å². The minimum absolute atomic E-state index is 0.0934. The Morgan fingerprint density at radius 1 is 1.26 bits per heavy atom. The highest BCUT2D eigenvalue weighted by atomic mass is 19.1. The van der Waals surface area contributed by atoms with Crippen molar-refractivity contribution in [2.24, 2.45) is 5.73 Å². The second-order valence-corrected chi connectivity index (χ2v) is 5.06. The molecule has 0 aliphatic heterocycles. The van der Waals surface area contributed by atoms with Gasteiger partial charge in [0.15, 0.2) is 0 Å². The standard InChI is InChI=1S/C14H19F2NO2/c1-18-9-6-10(15)13(11(16)7-9)12(17)8-14(19-2)4-3-5-14/h6-7,12H,3-5,8,17H2,1-2H3. The molecule has 1 fully saturated rings. The SMILES string of the molecule is COc1cc(F)c(C(N)CC2(OC)CCC2)c(F)c1. The minimum Gasteiger partial charge on any atom is -0.497 e. The molecule has 0 aromatic heterocycles. The molecule has 0 bridgehead atoms. The zero-order chi connectivity index (χ0) is 14.0. The van der Waals surface area contributed by atoms with Crippen LogP contribution in [0.3, 0.4) is 0 Å². The van der Waals surface area contributed by atoms with E-state index in [4.69, 9.17) is 15.2 Å². The summed E-state index contributed by atoms with van der Waals surface area (Å²) >= 11 is 0. The van der Waals surface area contributed by atoms with Gasteiger partial charge < -0.3 is 15.2 Å². The van der Waals surface area contributed by atoms with Crippen LogP contribution in [-0.4, -0.2) is 19.8 Å². The molecule has 0 saturated heterocycles. The van der Waals surface area contributed by atoms with E-state index >= 15 is 0 Å². The Bertz CT molecular complexity index is 432. The molecule has 2 rings (SSSR count). The number of ether oxygens (including phenoxy) is 2. The number of benzene rings is 1. The molecule has 0 heterocycles. The van der Waals surface area contributed by atoms with Crippen molar-refractivity contribution in [2.45, 2.75) is 37.3 Å². The summed E-state index contributed by atoms with van der Waals surface area (Å²) in [5.74, 6) is -1.19. The summed E-state index contributed by atoms with van der Waals surface area (Å²) in [5.41, 5.74) is 5.54. The van der Waals surface area contributed by atoms with Gasteiger partial charge in [0.1, 0.15) is 17.4 Å². The van der Waals surface area contributed by atoms with Gasteiger partial charge >= 0.3 is 0 Å². The Kier molecular flexibility index (Phi) is 4.06. The van der Waals surface area contributed by atoms with Crippen molar-refractivity contribution in [3.05, 3.63) is 29.3 Å². The lowest BCUT2D eigenvalue weighted by Crippen LogP contribution is -2.42. The summed E-state index contributed by atoms with van der Waals surface area (Å²) in [7, 11) is 2.98.